The SMILES string of the molecule is CCCCC/C=C\C/C=C\CCCCCCCCCC(=O)OC(COC(=O)CCCCCCCCCCCCCCCCCCCCCCCCCCC)COP(=O)(O)OCCN. The molecule has 63 heavy (non-hydrogen) atoms. The Bertz CT molecular complexity index is 1090. The van der Waals surface area contributed by atoms with E-state index in [0.29, 0.717) is 6.42 Å². The van der Waals surface area contributed by atoms with Gasteiger partial charge in [0, 0.05) is 19.4 Å². The third-order valence-electron chi connectivity index (χ3n) is 11.8. The fraction of sp³-hybridized carbons (Fsp3) is 0.887. The maximum atomic E-state index is 12.6. The average Bonchev–Trinajstić information content (AvgIpc) is 3.27. The number of phosphoric acid groups is 1. The van der Waals surface area contributed by atoms with E-state index in [4.69, 9.17) is 24.3 Å². The van der Waals surface area contributed by atoms with E-state index in [1.165, 1.54) is 186 Å². The van der Waals surface area contributed by atoms with Crippen LogP contribution < -0.4 is 5.73 Å². The molecule has 0 heterocycles. The number of allylic oxidation sites excluding steroid dienone is 4. The summed E-state index contributed by atoms with van der Waals surface area (Å²) in [5.41, 5.74) is 5.37. The van der Waals surface area contributed by atoms with Crippen LogP contribution in [0.15, 0.2) is 24.3 Å². The van der Waals surface area contributed by atoms with Crippen LogP contribution in [0.1, 0.15) is 271 Å². The molecule has 0 aromatic heterocycles. The Morgan fingerprint density at radius 1 is 0.476 bits per heavy atom. The first-order chi connectivity index (χ1) is 30.8. The minimum atomic E-state index is -4.38. The second-order valence-electron chi connectivity index (χ2n) is 18.1. The first-order valence-corrected chi connectivity index (χ1v) is 28.3. The van der Waals surface area contributed by atoms with Crippen molar-refractivity contribution in [3.8, 4) is 0 Å². The van der Waals surface area contributed by atoms with Gasteiger partial charge in [-0.3, -0.25) is 18.6 Å². The molecule has 0 radical (unpaired) electrons. The highest BCUT2D eigenvalue weighted by atomic mass is 31.2. The number of esters is 2. The maximum Gasteiger partial charge on any atom is 0.472 e. The molecule has 0 fully saturated rings. The molecular weight excluding hydrogens is 810 g/mol. The predicted octanol–water partition coefficient (Wildman–Crippen LogP) is 16.3. The van der Waals surface area contributed by atoms with Crippen molar-refractivity contribution in [2.24, 2.45) is 5.73 Å². The highest BCUT2D eigenvalue weighted by molar-refractivity contribution is 7.47. The molecule has 0 saturated heterocycles. The van der Waals surface area contributed by atoms with Crippen LogP contribution in [0, 0.1) is 0 Å². The van der Waals surface area contributed by atoms with Crippen molar-refractivity contribution in [3.63, 3.8) is 0 Å². The van der Waals surface area contributed by atoms with Crippen LogP contribution in [0.2, 0.25) is 0 Å². The molecule has 0 aliphatic heterocycles. The monoisotopic (exact) mass is 912 g/mol. The van der Waals surface area contributed by atoms with Gasteiger partial charge in [0.25, 0.3) is 0 Å². The second-order valence-corrected chi connectivity index (χ2v) is 19.6. The standard InChI is InChI=1S/C53H102NO8P/c1-3-5-7-9-11-13-15-17-19-21-22-23-24-25-26-27-28-30-31-33-35-37-39-41-43-45-52(55)59-49-51(50-61-63(57,58)60-48-47-54)62-53(56)46-44-42-40-38-36-34-32-29-20-18-16-14-12-10-8-6-4-2/h12,14,18,20,51H,3-11,13,15-17,19,21-50,54H2,1-2H3,(H,57,58)/b14-12-,20-18-. The van der Waals surface area contributed by atoms with E-state index in [2.05, 4.69) is 38.2 Å². The lowest BCUT2D eigenvalue weighted by Gasteiger charge is -2.19. The molecule has 372 valence electrons. The van der Waals surface area contributed by atoms with Gasteiger partial charge in [0.05, 0.1) is 13.2 Å². The van der Waals surface area contributed by atoms with Gasteiger partial charge >= 0.3 is 19.8 Å². The predicted molar refractivity (Wildman–Crippen MR) is 266 cm³/mol. The topological polar surface area (TPSA) is 134 Å². The second kappa shape index (κ2) is 49.9. The molecule has 0 aromatic rings. The summed E-state index contributed by atoms with van der Waals surface area (Å²) in [5.74, 6) is -0.823. The lowest BCUT2D eigenvalue weighted by Crippen LogP contribution is -2.29. The van der Waals surface area contributed by atoms with E-state index in [0.717, 1.165) is 51.4 Å². The third-order valence-corrected chi connectivity index (χ3v) is 12.8. The Hall–Kier alpha value is -1.51. The number of hydrogen-bond donors (Lipinski definition) is 2. The number of unbranched alkanes of at least 4 members (excludes halogenated alkanes) is 34. The molecule has 0 aliphatic rings. The molecule has 2 unspecified atom stereocenters. The van der Waals surface area contributed by atoms with Gasteiger partial charge in [-0.25, -0.2) is 4.57 Å². The smallest absolute Gasteiger partial charge is 0.462 e. The lowest BCUT2D eigenvalue weighted by molar-refractivity contribution is -0.161. The van der Waals surface area contributed by atoms with Gasteiger partial charge in [0.15, 0.2) is 6.10 Å². The van der Waals surface area contributed by atoms with Gasteiger partial charge < -0.3 is 20.1 Å². The number of ether oxygens (including phenoxy) is 2. The van der Waals surface area contributed by atoms with Crippen LogP contribution in [-0.4, -0.2) is 49.3 Å². The minimum absolute atomic E-state index is 0.0538. The number of nitrogens with two attached hydrogens (primary N) is 1. The fourth-order valence-corrected chi connectivity index (χ4v) is 8.61. The first kappa shape index (κ1) is 61.5. The Morgan fingerprint density at radius 3 is 1.24 bits per heavy atom. The van der Waals surface area contributed by atoms with E-state index in [-0.39, 0.29) is 38.6 Å². The van der Waals surface area contributed by atoms with Gasteiger partial charge in [-0.1, -0.05) is 237 Å². The van der Waals surface area contributed by atoms with E-state index in [9.17, 15) is 19.0 Å². The van der Waals surface area contributed by atoms with Crippen molar-refractivity contribution >= 4 is 19.8 Å². The molecule has 0 amide bonds. The number of carbonyl (C=O) groups is 2. The zero-order chi connectivity index (χ0) is 46.0. The van der Waals surface area contributed by atoms with Gasteiger partial charge in [-0.05, 0) is 44.9 Å². The molecule has 3 N–H and O–H groups in total. The Morgan fingerprint density at radius 2 is 0.825 bits per heavy atom. The van der Waals surface area contributed by atoms with Crippen molar-refractivity contribution in [1.29, 1.82) is 0 Å². The Labute approximate surface area is 389 Å². The molecule has 10 heteroatoms. The van der Waals surface area contributed by atoms with E-state index >= 15 is 0 Å². The summed E-state index contributed by atoms with van der Waals surface area (Å²) < 4.78 is 32.9. The summed E-state index contributed by atoms with van der Waals surface area (Å²) in [7, 11) is -4.38. The molecule has 2 atom stereocenters. The van der Waals surface area contributed by atoms with Crippen LogP contribution >= 0.6 is 7.82 Å². The molecule has 0 aliphatic carbocycles. The summed E-state index contributed by atoms with van der Waals surface area (Å²) >= 11 is 0. The Kier molecular flexibility index (Phi) is 48.7. The van der Waals surface area contributed by atoms with Crippen LogP contribution in [0.3, 0.4) is 0 Å². The number of rotatable bonds is 51. The van der Waals surface area contributed by atoms with Crippen molar-refractivity contribution in [2.45, 2.75) is 277 Å². The zero-order valence-corrected chi connectivity index (χ0v) is 42.2. The summed E-state index contributed by atoms with van der Waals surface area (Å²) in [4.78, 5) is 35.1. The normalized spacial score (nSPS) is 13.3. The Balaban J connectivity index is 3.95. The molecule has 0 bridgehead atoms. The van der Waals surface area contributed by atoms with Crippen molar-refractivity contribution in [2.75, 3.05) is 26.4 Å². The summed E-state index contributed by atoms with van der Waals surface area (Å²) in [5, 5.41) is 0. The average molecular weight is 912 g/mol. The summed E-state index contributed by atoms with van der Waals surface area (Å²) in [6.07, 6.45) is 56.5. The highest BCUT2D eigenvalue weighted by Gasteiger charge is 2.26. The highest BCUT2D eigenvalue weighted by Crippen LogP contribution is 2.43. The fourth-order valence-electron chi connectivity index (χ4n) is 7.84. The molecule has 0 saturated carbocycles. The molecular formula is C53H102NO8P. The van der Waals surface area contributed by atoms with Gasteiger partial charge in [0.2, 0.25) is 0 Å². The first-order valence-electron chi connectivity index (χ1n) is 26.8. The van der Waals surface area contributed by atoms with Crippen molar-refractivity contribution in [1.82, 2.24) is 0 Å². The quantitative estimate of drug-likeness (QED) is 0.0265. The van der Waals surface area contributed by atoms with Crippen LogP contribution in [0.5, 0.6) is 0 Å². The van der Waals surface area contributed by atoms with Gasteiger partial charge in [0.1, 0.15) is 6.61 Å². The summed E-state index contributed by atoms with van der Waals surface area (Å²) in [6.45, 7) is 3.75. The number of phosphoric ester groups is 1. The number of carbonyl (C=O) groups excluding carboxylic acids is 2. The molecule has 0 rings (SSSR count). The molecule has 0 aromatic carbocycles. The van der Waals surface area contributed by atoms with Gasteiger partial charge in [-0.15, -0.1) is 0 Å². The zero-order valence-electron chi connectivity index (χ0n) is 41.3. The van der Waals surface area contributed by atoms with E-state index < -0.39 is 26.5 Å². The van der Waals surface area contributed by atoms with Crippen LogP contribution in [-0.2, 0) is 32.7 Å². The van der Waals surface area contributed by atoms with E-state index in [1.54, 1.807) is 0 Å². The molecule has 9 nitrogen and oxygen atoms in total. The van der Waals surface area contributed by atoms with Gasteiger partial charge in [-0.2, -0.15) is 0 Å². The lowest BCUT2D eigenvalue weighted by atomic mass is 10.0. The largest absolute Gasteiger partial charge is 0.472 e. The van der Waals surface area contributed by atoms with E-state index in [1.807, 2.05) is 0 Å². The number of hydrogen-bond acceptors (Lipinski definition) is 8. The third kappa shape index (κ3) is 49.8. The summed E-state index contributed by atoms with van der Waals surface area (Å²) in [6, 6.07) is 0. The van der Waals surface area contributed by atoms with Crippen LogP contribution in [0.25, 0.3) is 0 Å². The maximum absolute atomic E-state index is 12.6. The minimum Gasteiger partial charge on any atom is -0.462 e. The van der Waals surface area contributed by atoms with Crippen molar-refractivity contribution < 1.29 is 37.6 Å². The van der Waals surface area contributed by atoms with Crippen LogP contribution in [0.4, 0.5) is 0 Å². The molecule has 0 spiro atoms. The van der Waals surface area contributed by atoms with Crippen molar-refractivity contribution in [3.05, 3.63) is 24.3 Å².